The molecule has 0 atom stereocenters. The van der Waals surface area contributed by atoms with E-state index in [4.69, 9.17) is 0 Å². The Labute approximate surface area is 124 Å². The summed E-state index contributed by atoms with van der Waals surface area (Å²) in [4.78, 5) is 14.5. The molecule has 19 heavy (non-hydrogen) atoms. The molecular weight excluding hydrogens is 260 g/mol. The molecule has 0 aliphatic carbocycles. The molecule has 1 heterocycles. The number of halogens is 1. The molecule has 114 valence electrons. The van der Waals surface area contributed by atoms with Crippen LogP contribution in [-0.2, 0) is 4.79 Å². The molecule has 1 N–H and O–H groups in total. The number of nitrogens with one attached hydrogen (secondary N) is 1. The van der Waals surface area contributed by atoms with Gasteiger partial charge in [-0.3, -0.25) is 4.79 Å². The fourth-order valence-electron chi connectivity index (χ4n) is 2.62. The fraction of sp³-hybridized carbons (Fsp3) is 0.933. The Morgan fingerprint density at radius 2 is 1.58 bits per heavy atom. The molecule has 0 radical (unpaired) electrons. The average molecular weight is 291 g/mol. The van der Waals surface area contributed by atoms with Crippen molar-refractivity contribution in [2.45, 2.75) is 47.0 Å². The SMILES string of the molecule is CC(C)CN(CC(C)C)C(=O)CC1CCNCC1.Cl. The highest BCUT2D eigenvalue weighted by Crippen LogP contribution is 2.18. The average Bonchev–Trinajstić information content (AvgIpc) is 2.28. The number of carbonyl (C=O) groups is 1. The van der Waals surface area contributed by atoms with Crippen LogP contribution in [0.4, 0.5) is 0 Å². The summed E-state index contributed by atoms with van der Waals surface area (Å²) in [6.45, 7) is 12.7. The maximum atomic E-state index is 12.4. The van der Waals surface area contributed by atoms with E-state index in [0.29, 0.717) is 23.7 Å². The molecule has 3 nitrogen and oxygen atoms in total. The molecule has 1 rings (SSSR count). The van der Waals surface area contributed by atoms with Gasteiger partial charge in [-0.15, -0.1) is 12.4 Å². The lowest BCUT2D eigenvalue weighted by Crippen LogP contribution is -2.39. The standard InChI is InChI=1S/C15H30N2O.ClH/c1-12(2)10-17(11-13(3)4)15(18)9-14-5-7-16-8-6-14;/h12-14,16H,5-11H2,1-4H3;1H. The van der Waals surface area contributed by atoms with E-state index in [-0.39, 0.29) is 12.4 Å². The normalized spacial score (nSPS) is 16.5. The summed E-state index contributed by atoms with van der Waals surface area (Å²) in [5.74, 6) is 2.08. The summed E-state index contributed by atoms with van der Waals surface area (Å²) >= 11 is 0. The van der Waals surface area contributed by atoms with Crippen molar-refractivity contribution in [3.05, 3.63) is 0 Å². The van der Waals surface area contributed by atoms with Crippen LogP contribution < -0.4 is 5.32 Å². The predicted octanol–water partition coefficient (Wildman–Crippen LogP) is 2.94. The highest BCUT2D eigenvalue weighted by Gasteiger charge is 2.21. The summed E-state index contributed by atoms with van der Waals surface area (Å²) in [7, 11) is 0. The molecule has 1 aliphatic rings. The van der Waals surface area contributed by atoms with Crippen molar-refractivity contribution in [3.8, 4) is 0 Å². The minimum absolute atomic E-state index is 0. The zero-order chi connectivity index (χ0) is 13.5. The van der Waals surface area contributed by atoms with E-state index in [1.54, 1.807) is 0 Å². The molecule has 1 fully saturated rings. The third kappa shape index (κ3) is 7.78. The van der Waals surface area contributed by atoms with Gasteiger partial charge in [0, 0.05) is 19.5 Å². The maximum Gasteiger partial charge on any atom is 0.222 e. The van der Waals surface area contributed by atoms with E-state index < -0.39 is 0 Å². The molecular formula is C15H31ClN2O. The van der Waals surface area contributed by atoms with Crippen LogP contribution in [-0.4, -0.2) is 37.0 Å². The Bertz CT molecular complexity index is 241. The topological polar surface area (TPSA) is 32.3 Å². The predicted molar refractivity (Wildman–Crippen MR) is 83.7 cm³/mol. The van der Waals surface area contributed by atoms with Crippen LogP contribution >= 0.6 is 12.4 Å². The molecule has 0 unspecified atom stereocenters. The molecule has 0 bridgehead atoms. The van der Waals surface area contributed by atoms with Crippen LogP contribution in [0.25, 0.3) is 0 Å². The lowest BCUT2D eigenvalue weighted by molar-refractivity contribution is -0.133. The zero-order valence-electron chi connectivity index (χ0n) is 12.9. The summed E-state index contributed by atoms with van der Waals surface area (Å²) in [6, 6.07) is 0. The number of rotatable bonds is 6. The van der Waals surface area contributed by atoms with Crippen molar-refractivity contribution in [1.29, 1.82) is 0 Å². The Hall–Kier alpha value is -0.280. The van der Waals surface area contributed by atoms with Crippen LogP contribution in [0.2, 0.25) is 0 Å². The van der Waals surface area contributed by atoms with E-state index >= 15 is 0 Å². The number of amides is 1. The van der Waals surface area contributed by atoms with Crippen LogP contribution in [0.1, 0.15) is 47.0 Å². The molecule has 1 amide bonds. The summed E-state index contributed by atoms with van der Waals surface area (Å²) in [5, 5.41) is 3.36. The quantitative estimate of drug-likeness (QED) is 0.816. The van der Waals surface area contributed by atoms with Gasteiger partial charge in [0.2, 0.25) is 5.91 Å². The number of hydrogen-bond donors (Lipinski definition) is 1. The number of carbonyl (C=O) groups excluding carboxylic acids is 1. The van der Waals surface area contributed by atoms with Crippen LogP contribution in [0.3, 0.4) is 0 Å². The van der Waals surface area contributed by atoms with E-state index in [2.05, 4.69) is 37.9 Å². The second-order valence-electron chi connectivity index (χ2n) is 6.48. The lowest BCUT2D eigenvalue weighted by atomic mass is 9.94. The Morgan fingerprint density at radius 1 is 1.11 bits per heavy atom. The molecule has 0 aromatic rings. The van der Waals surface area contributed by atoms with Crippen LogP contribution in [0, 0.1) is 17.8 Å². The first-order valence-corrected chi connectivity index (χ1v) is 7.47. The number of hydrogen-bond acceptors (Lipinski definition) is 2. The third-order valence-electron chi connectivity index (χ3n) is 3.45. The second kappa shape index (κ2) is 9.60. The first-order valence-electron chi connectivity index (χ1n) is 7.47. The highest BCUT2D eigenvalue weighted by molar-refractivity contribution is 5.85. The Morgan fingerprint density at radius 3 is 2.00 bits per heavy atom. The van der Waals surface area contributed by atoms with Gasteiger partial charge in [0.1, 0.15) is 0 Å². The minimum atomic E-state index is 0. The van der Waals surface area contributed by atoms with Gasteiger partial charge in [-0.05, 0) is 43.7 Å². The summed E-state index contributed by atoms with van der Waals surface area (Å²) in [6.07, 6.45) is 3.06. The van der Waals surface area contributed by atoms with E-state index in [0.717, 1.165) is 45.4 Å². The molecule has 1 saturated heterocycles. The summed E-state index contributed by atoms with van der Waals surface area (Å²) < 4.78 is 0. The molecule has 0 aromatic heterocycles. The first-order chi connectivity index (χ1) is 8.49. The second-order valence-corrected chi connectivity index (χ2v) is 6.48. The highest BCUT2D eigenvalue weighted by atomic mass is 35.5. The van der Waals surface area contributed by atoms with Crippen molar-refractivity contribution < 1.29 is 4.79 Å². The van der Waals surface area contributed by atoms with Crippen molar-refractivity contribution in [2.75, 3.05) is 26.2 Å². The van der Waals surface area contributed by atoms with E-state index in [1.165, 1.54) is 0 Å². The number of nitrogens with zero attached hydrogens (tertiary/aromatic N) is 1. The fourth-order valence-corrected chi connectivity index (χ4v) is 2.62. The third-order valence-corrected chi connectivity index (χ3v) is 3.45. The molecule has 0 saturated carbocycles. The van der Waals surface area contributed by atoms with Gasteiger partial charge in [-0.2, -0.15) is 0 Å². The first kappa shape index (κ1) is 18.7. The van der Waals surface area contributed by atoms with Gasteiger partial charge in [-0.1, -0.05) is 27.7 Å². The molecule has 4 heteroatoms. The van der Waals surface area contributed by atoms with Crippen molar-refractivity contribution in [3.63, 3.8) is 0 Å². The van der Waals surface area contributed by atoms with E-state index in [9.17, 15) is 4.79 Å². The molecule has 0 spiro atoms. The van der Waals surface area contributed by atoms with Crippen LogP contribution in [0.5, 0.6) is 0 Å². The van der Waals surface area contributed by atoms with E-state index in [1.807, 2.05) is 0 Å². The monoisotopic (exact) mass is 290 g/mol. The smallest absolute Gasteiger partial charge is 0.222 e. The van der Waals surface area contributed by atoms with Crippen molar-refractivity contribution in [2.24, 2.45) is 17.8 Å². The Kier molecular flexibility index (Phi) is 9.46. The zero-order valence-corrected chi connectivity index (χ0v) is 13.8. The van der Waals surface area contributed by atoms with Gasteiger partial charge >= 0.3 is 0 Å². The number of piperidine rings is 1. The van der Waals surface area contributed by atoms with Gasteiger partial charge in [0.25, 0.3) is 0 Å². The van der Waals surface area contributed by atoms with Gasteiger partial charge < -0.3 is 10.2 Å². The Balaban J connectivity index is 0.00000324. The molecule has 0 aromatic carbocycles. The van der Waals surface area contributed by atoms with Crippen molar-refractivity contribution in [1.82, 2.24) is 10.2 Å². The van der Waals surface area contributed by atoms with Gasteiger partial charge in [0.05, 0.1) is 0 Å². The maximum absolute atomic E-state index is 12.4. The van der Waals surface area contributed by atoms with Crippen molar-refractivity contribution >= 4 is 18.3 Å². The summed E-state index contributed by atoms with van der Waals surface area (Å²) in [5.41, 5.74) is 0. The van der Waals surface area contributed by atoms with Gasteiger partial charge in [-0.25, -0.2) is 0 Å². The molecule has 1 aliphatic heterocycles. The lowest BCUT2D eigenvalue weighted by Gasteiger charge is -2.29. The van der Waals surface area contributed by atoms with Gasteiger partial charge in [0.15, 0.2) is 0 Å². The minimum Gasteiger partial charge on any atom is -0.342 e. The largest absolute Gasteiger partial charge is 0.342 e. The van der Waals surface area contributed by atoms with Crippen LogP contribution in [0.15, 0.2) is 0 Å².